The first-order chi connectivity index (χ1) is 15.9. The van der Waals surface area contributed by atoms with E-state index < -0.39 is 0 Å². The molecular weight excluding hydrogens is 516 g/mol. The van der Waals surface area contributed by atoms with Crippen LogP contribution in [0.15, 0.2) is 72.1 Å². The second-order valence-electron chi connectivity index (χ2n) is 7.37. The highest BCUT2D eigenvalue weighted by Gasteiger charge is 2.21. The van der Waals surface area contributed by atoms with Crippen molar-refractivity contribution in [1.29, 1.82) is 0 Å². The Morgan fingerprint density at radius 1 is 0.727 bits per heavy atom. The van der Waals surface area contributed by atoms with Gasteiger partial charge in [-0.25, -0.2) is 9.67 Å². The molecule has 0 saturated carbocycles. The fraction of sp³-hybridized carbons (Fsp3) is 0.0400. The normalized spacial score (nSPS) is 11.2. The number of rotatable bonds is 4. The van der Waals surface area contributed by atoms with Crippen molar-refractivity contribution in [3.63, 3.8) is 0 Å². The van der Waals surface area contributed by atoms with E-state index in [0.29, 0.717) is 20.1 Å². The summed E-state index contributed by atoms with van der Waals surface area (Å²) in [4.78, 5) is 4.87. The van der Waals surface area contributed by atoms with Gasteiger partial charge in [-0.3, -0.25) is 0 Å². The van der Waals surface area contributed by atoms with Crippen molar-refractivity contribution >= 4 is 57.7 Å². The summed E-state index contributed by atoms with van der Waals surface area (Å²) in [5.74, 6) is 0. The van der Waals surface area contributed by atoms with Crippen LogP contribution in [-0.2, 0) is 0 Å². The molecule has 0 bridgehead atoms. The van der Waals surface area contributed by atoms with Gasteiger partial charge in [0.05, 0.1) is 37.2 Å². The molecule has 2 heterocycles. The minimum Gasteiger partial charge on any atom is -0.218 e. The van der Waals surface area contributed by atoms with E-state index in [1.807, 2.05) is 71.6 Å². The fourth-order valence-electron chi connectivity index (χ4n) is 3.64. The molecule has 0 amide bonds. The van der Waals surface area contributed by atoms with Crippen molar-refractivity contribution in [2.75, 3.05) is 0 Å². The van der Waals surface area contributed by atoms with Crippen molar-refractivity contribution in [3.8, 4) is 38.9 Å². The Balaban J connectivity index is 1.71. The number of hydrogen-bond donors (Lipinski definition) is 0. The Hall–Kier alpha value is -2.34. The van der Waals surface area contributed by atoms with Crippen LogP contribution in [0.4, 0.5) is 0 Å². The van der Waals surface area contributed by atoms with Crippen molar-refractivity contribution in [2.24, 2.45) is 0 Å². The van der Waals surface area contributed by atoms with Gasteiger partial charge in [0, 0.05) is 27.6 Å². The lowest BCUT2D eigenvalue weighted by Crippen LogP contribution is -1.99. The monoisotopic (exact) mass is 529 g/mol. The Labute approximate surface area is 215 Å². The first-order valence-corrected chi connectivity index (χ1v) is 12.3. The Bertz CT molecular complexity index is 1470. The van der Waals surface area contributed by atoms with Gasteiger partial charge < -0.3 is 0 Å². The summed E-state index contributed by atoms with van der Waals surface area (Å²) in [5.41, 5.74) is 6.31. The van der Waals surface area contributed by atoms with E-state index in [9.17, 15) is 0 Å². The third kappa shape index (κ3) is 4.30. The maximum absolute atomic E-state index is 6.35. The Morgan fingerprint density at radius 2 is 1.36 bits per heavy atom. The fourth-order valence-corrected chi connectivity index (χ4v) is 5.02. The second-order valence-corrected chi connectivity index (χ2v) is 9.84. The third-order valence-electron chi connectivity index (χ3n) is 5.25. The van der Waals surface area contributed by atoms with Crippen LogP contribution in [0.1, 0.15) is 5.56 Å². The van der Waals surface area contributed by atoms with Gasteiger partial charge in [-0.1, -0.05) is 88.9 Å². The number of nitrogens with zero attached hydrogens (tertiary/aromatic N) is 3. The smallest absolute Gasteiger partial charge is 0.211 e. The van der Waals surface area contributed by atoms with Gasteiger partial charge in [-0.05, 0) is 31.2 Å². The first-order valence-electron chi connectivity index (χ1n) is 9.94. The summed E-state index contributed by atoms with van der Waals surface area (Å²) in [6, 6.07) is 21.1. The predicted octanol–water partition coefficient (Wildman–Crippen LogP) is 9.25. The summed E-state index contributed by atoms with van der Waals surface area (Å²) >= 11 is 26.5. The molecule has 164 valence electrons. The van der Waals surface area contributed by atoms with Crippen LogP contribution < -0.4 is 0 Å². The quantitative estimate of drug-likeness (QED) is 0.232. The third-order valence-corrected chi connectivity index (χ3v) is 7.55. The minimum atomic E-state index is 0.472. The SMILES string of the molecule is Cc1c(-c2ccc(Cl)c(Cl)c2)nn(-c2nc(-c3ccccc3)cs2)c1-c1ccc(Cl)c(Cl)c1. The molecule has 0 unspecified atom stereocenters. The van der Waals surface area contributed by atoms with Gasteiger partial charge in [-0.15, -0.1) is 11.3 Å². The number of aromatic nitrogens is 3. The van der Waals surface area contributed by atoms with Crippen LogP contribution in [0.3, 0.4) is 0 Å². The van der Waals surface area contributed by atoms with E-state index in [2.05, 4.69) is 0 Å². The number of halogens is 4. The lowest BCUT2D eigenvalue weighted by Gasteiger charge is -2.07. The average Bonchev–Trinajstić information content (AvgIpc) is 3.43. The second kappa shape index (κ2) is 9.13. The van der Waals surface area contributed by atoms with E-state index in [4.69, 9.17) is 56.5 Å². The lowest BCUT2D eigenvalue weighted by molar-refractivity contribution is 0.881. The summed E-state index contributed by atoms with van der Waals surface area (Å²) in [7, 11) is 0. The highest BCUT2D eigenvalue weighted by molar-refractivity contribution is 7.12. The first kappa shape index (κ1) is 22.5. The number of benzene rings is 3. The van der Waals surface area contributed by atoms with E-state index in [1.54, 1.807) is 12.1 Å². The van der Waals surface area contributed by atoms with E-state index in [0.717, 1.165) is 44.5 Å². The van der Waals surface area contributed by atoms with Crippen LogP contribution in [-0.4, -0.2) is 14.8 Å². The van der Waals surface area contributed by atoms with Crippen LogP contribution in [0.2, 0.25) is 20.1 Å². The topological polar surface area (TPSA) is 30.7 Å². The minimum absolute atomic E-state index is 0.472. The molecule has 8 heteroatoms. The molecule has 3 aromatic carbocycles. The predicted molar refractivity (Wildman–Crippen MR) is 140 cm³/mol. The summed E-state index contributed by atoms with van der Waals surface area (Å²) in [6.07, 6.45) is 0. The molecule has 0 aliphatic heterocycles. The van der Waals surface area contributed by atoms with Gasteiger partial charge in [0.25, 0.3) is 0 Å². The van der Waals surface area contributed by atoms with Crippen LogP contribution in [0.5, 0.6) is 0 Å². The van der Waals surface area contributed by atoms with Crippen LogP contribution in [0, 0.1) is 6.92 Å². The van der Waals surface area contributed by atoms with Gasteiger partial charge in [0.15, 0.2) is 0 Å². The van der Waals surface area contributed by atoms with Crippen LogP contribution >= 0.6 is 57.7 Å². The summed E-state index contributed by atoms with van der Waals surface area (Å²) in [5, 5.41) is 9.65. The van der Waals surface area contributed by atoms with Crippen molar-refractivity contribution in [1.82, 2.24) is 14.8 Å². The molecule has 0 atom stereocenters. The zero-order valence-electron chi connectivity index (χ0n) is 17.2. The van der Waals surface area contributed by atoms with E-state index in [-0.39, 0.29) is 0 Å². The molecular formula is C25H15Cl4N3S. The number of thiazole rings is 1. The van der Waals surface area contributed by atoms with Crippen molar-refractivity contribution < 1.29 is 0 Å². The molecule has 5 aromatic rings. The summed E-state index contributed by atoms with van der Waals surface area (Å²) < 4.78 is 1.85. The molecule has 0 aliphatic carbocycles. The highest BCUT2D eigenvalue weighted by atomic mass is 35.5. The maximum Gasteiger partial charge on any atom is 0.211 e. The molecule has 0 radical (unpaired) electrons. The van der Waals surface area contributed by atoms with E-state index in [1.165, 1.54) is 11.3 Å². The molecule has 2 aromatic heterocycles. The molecule has 0 aliphatic rings. The Morgan fingerprint density at radius 3 is 2.03 bits per heavy atom. The average molecular weight is 531 g/mol. The molecule has 5 rings (SSSR count). The van der Waals surface area contributed by atoms with Gasteiger partial charge in [0.2, 0.25) is 5.13 Å². The van der Waals surface area contributed by atoms with Gasteiger partial charge in [-0.2, -0.15) is 5.10 Å². The summed E-state index contributed by atoms with van der Waals surface area (Å²) in [6.45, 7) is 2.02. The molecule has 0 fully saturated rings. The lowest BCUT2D eigenvalue weighted by atomic mass is 10.0. The highest BCUT2D eigenvalue weighted by Crippen LogP contribution is 2.38. The molecule has 0 saturated heterocycles. The molecule has 33 heavy (non-hydrogen) atoms. The standard InChI is InChI=1S/C25H15Cl4N3S/c1-14-23(16-7-9-18(26)20(28)11-16)31-32(24(14)17-8-10-19(27)21(29)12-17)25-30-22(13-33-25)15-5-3-2-4-6-15/h2-13H,1H3. The van der Waals surface area contributed by atoms with E-state index >= 15 is 0 Å². The molecule has 0 N–H and O–H groups in total. The molecule has 0 spiro atoms. The van der Waals surface area contributed by atoms with Crippen LogP contribution in [0.25, 0.3) is 38.9 Å². The number of hydrogen-bond acceptors (Lipinski definition) is 3. The zero-order valence-corrected chi connectivity index (χ0v) is 21.0. The maximum atomic E-state index is 6.35. The largest absolute Gasteiger partial charge is 0.218 e. The zero-order chi connectivity index (χ0) is 23.1. The van der Waals surface area contributed by atoms with Gasteiger partial charge in [0.1, 0.15) is 0 Å². The molecule has 3 nitrogen and oxygen atoms in total. The van der Waals surface area contributed by atoms with Crippen molar-refractivity contribution in [3.05, 3.63) is 97.8 Å². The Kier molecular flexibility index (Phi) is 6.21. The van der Waals surface area contributed by atoms with Gasteiger partial charge >= 0.3 is 0 Å². The van der Waals surface area contributed by atoms with Crippen molar-refractivity contribution in [2.45, 2.75) is 6.92 Å².